The van der Waals surface area contributed by atoms with Crippen LogP contribution in [-0.2, 0) is 4.79 Å². The largest absolute Gasteiger partial charge is 0.465 e. The van der Waals surface area contributed by atoms with Crippen molar-refractivity contribution in [3.05, 3.63) is 0 Å². The zero-order valence-corrected chi connectivity index (χ0v) is 11.6. The number of aliphatic hydroxyl groups excluding tert-OH is 1. The summed E-state index contributed by atoms with van der Waals surface area (Å²) in [5.74, 6) is -0.283. The number of hydrogen-bond acceptors (Lipinski definition) is 3. The lowest BCUT2D eigenvalue weighted by molar-refractivity contribution is -0.146. The molecular formula is C12H22N2O4. The maximum Gasteiger partial charge on any atom is 0.408 e. The number of hydrogen-bond donors (Lipinski definition) is 2. The zero-order chi connectivity index (χ0) is 14.3. The average Bonchev–Trinajstić information content (AvgIpc) is 2.55. The van der Waals surface area contributed by atoms with Crippen LogP contribution in [0.3, 0.4) is 0 Å². The van der Waals surface area contributed by atoms with Crippen molar-refractivity contribution in [1.82, 2.24) is 9.80 Å². The van der Waals surface area contributed by atoms with E-state index in [0.717, 1.165) is 4.90 Å². The highest BCUT2D eigenvalue weighted by atomic mass is 16.4. The minimum Gasteiger partial charge on any atom is -0.465 e. The van der Waals surface area contributed by atoms with E-state index in [4.69, 9.17) is 0 Å². The highest BCUT2D eigenvalue weighted by molar-refractivity contribution is 5.91. The summed E-state index contributed by atoms with van der Waals surface area (Å²) in [6, 6.07) is 0. The number of carbonyl (C=O) groups excluding carboxylic acids is 1. The first kappa shape index (κ1) is 14.8. The van der Waals surface area contributed by atoms with Gasteiger partial charge >= 0.3 is 6.09 Å². The molecule has 0 aromatic rings. The molecule has 0 unspecified atom stereocenters. The minimum absolute atomic E-state index is 0.0216. The van der Waals surface area contributed by atoms with Crippen molar-refractivity contribution in [1.29, 1.82) is 0 Å². The van der Waals surface area contributed by atoms with E-state index in [2.05, 4.69) is 0 Å². The number of carboxylic acid groups (broad SMARTS) is 1. The Kier molecular flexibility index (Phi) is 3.63. The second kappa shape index (κ2) is 4.42. The molecule has 6 heteroatoms. The first-order chi connectivity index (χ1) is 8.04. The van der Waals surface area contributed by atoms with Crippen LogP contribution in [-0.4, -0.2) is 64.3 Å². The number of carbonyl (C=O) groups is 2. The number of likely N-dealkylation sites (N-methyl/N-ethyl adjacent to an activating group) is 1. The van der Waals surface area contributed by atoms with Crippen molar-refractivity contribution in [3.8, 4) is 0 Å². The number of aliphatic hydroxyl groups is 1. The van der Waals surface area contributed by atoms with Crippen LogP contribution in [0.2, 0.25) is 0 Å². The molecule has 0 bridgehead atoms. The van der Waals surface area contributed by atoms with Crippen molar-refractivity contribution < 1.29 is 19.8 Å². The van der Waals surface area contributed by atoms with Crippen molar-refractivity contribution in [2.75, 3.05) is 20.6 Å². The van der Waals surface area contributed by atoms with Crippen LogP contribution < -0.4 is 0 Å². The van der Waals surface area contributed by atoms with Gasteiger partial charge in [-0.3, -0.25) is 9.69 Å². The molecule has 1 rings (SSSR count). The summed E-state index contributed by atoms with van der Waals surface area (Å²) < 4.78 is 0. The van der Waals surface area contributed by atoms with Crippen LogP contribution in [0.4, 0.5) is 4.79 Å². The molecule has 2 amide bonds. The molecule has 1 heterocycles. The van der Waals surface area contributed by atoms with Gasteiger partial charge in [-0.15, -0.1) is 0 Å². The molecule has 0 aromatic carbocycles. The maximum atomic E-state index is 12.5. The second-order valence-corrected chi connectivity index (χ2v) is 6.06. The number of rotatable bonds is 1. The van der Waals surface area contributed by atoms with E-state index in [9.17, 15) is 19.8 Å². The Balaban J connectivity index is 3.36. The van der Waals surface area contributed by atoms with Gasteiger partial charge in [0.2, 0.25) is 5.91 Å². The number of β-amino-alcohol motifs (C(OH)–C–C–N with tert-alkyl or cyclic N) is 1. The molecule has 1 aliphatic rings. The van der Waals surface area contributed by atoms with E-state index in [-0.39, 0.29) is 18.9 Å². The highest BCUT2D eigenvalue weighted by Crippen LogP contribution is 2.44. The van der Waals surface area contributed by atoms with Crippen molar-refractivity contribution in [3.63, 3.8) is 0 Å². The van der Waals surface area contributed by atoms with E-state index < -0.39 is 23.2 Å². The van der Waals surface area contributed by atoms with Gasteiger partial charge in [-0.1, -0.05) is 20.8 Å². The molecule has 1 saturated heterocycles. The SMILES string of the molecule is CN(C)C(=O)[C@@]1(C(C)(C)C)C[C@H](O)CN1C(=O)O. The molecule has 18 heavy (non-hydrogen) atoms. The molecule has 0 radical (unpaired) electrons. The van der Waals surface area contributed by atoms with Gasteiger partial charge < -0.3 is 15.1 Å². The Morgan fingerprint density at radius 1 is 1.33 bits per heavy atom. The average molecular weight is 258 g/mol. The predicted molar refractivity (Wildman–Crippen MR) is 66.2 cm³/mol. The Bertz CT molecular complexity index is 362. The van der Waals surface area contributed by atoms with Gasteiger partial charge in [0.05, 0.1) is 12.6 Å². The van der Waals surface area contributed by atoms with Crippen molar-refractivity contribution in [2.45, 2.75) is 38.8 Å². The smallest absolute Gasteiger partial charge is 0.408 e. The number of amides is 2. The molecule has 2 N–H and O–H groups in total. The van der Waals surface area contributed by atoms with Gasteiger partial charge in [-0.25, -0.2) is 4.79 Å². The minimum atomic E-state index is -1.21. The quantitative estimate of drug-likeness (QED) is 0.722. The fourth-order valence-electron chi connectivity index (χ4n) is 2.73. The van der Waals surface area contributed by atoms with Crippen LogP contribution in [0.15, 0.2) is 0 Å². The third-order valence-corrected chi connectivity index (χ3v) is 3.62. The van der Waals surface area contributed by atoms with Crippen LogP contribution in [0.1, 0.15) is 27.2 Å². The molecule has 1 aliphatic heterocycles. The van der Waals surface area contributed by atoms with Gasteiger partial charge in [0.25, 0.3) is 0 Å². The lowest BCUT2D eigenvalue weighted by atomic mass is 9.70. The maximum absolute atomic E-state index is 12.5. The fraction of sp³-hybridized carbons (Fsp3) is 0.833. The molecule has 1 fully saturated rings. The number of nitrogens with zero attached hydrogens (tertiary/aromatic N) is 2. The van der Waals surface area contributed by atoms with Gasteiger partial charge in [0.1, 0.15) is 5.54 Å². The Labute approximate surface area is 107 Å². The summed E-state index contributed by atoms with van der Waals surface area (Å²) in [5, 5.41) is 19.1. The van der Waals surface area contributed by atoms with Crippen molar-refractivity contribution in [2.24, 2.45) is 5.41 Å². The first-order valence-electron chi connectivity index (χ1n) is 5.94. The summed E-state index contributed by atoms with van der Waals surface area (Å²) in [5.41, 5.74) is -1.80. The van der Waals surface area contributed by atoms with Crippen LogP contribution >= 0.6 is 0 Å². The monoisotopic (exact) mass is 258 g/mol. The topological polar surface area (TPSA) is 81.1 Å². The zero-order valence-electron chi connectivity index (χ0n) is 11.6. The molecule has 0 spiro atoms. The normalized spacial score (nSPS) is 28.3. The Morgan fingerprint density at radius 2 is 1.83 bits per heavy atom. The van der Waals surface area contributed by atoms with E-state index in [1.54, 1.807) is 14.1 Å². The fourth-order valence-corrected chi connectivity index (χ4v) is 2.73. The lowest BCUT2D eigenvalue weighted by Crippen LogP contribution is -2.63. The van der Waals surface area contributed by atoms with Crippen LogP contribution in [0, 0.1) is 5.41 Å². The van der Waals surface area contributed by atoms with Gasteiger partial charge in [-0.05, 0) is 5.41 Å². The lowest BCUT2D eigenvalue weighted by Gasteiger charge is -2.46. The van der Waals surface area contributed by atoms with E-state index in [1.807, 2.05) is 20.8 Å². The first-order valence-corrected chi connectivity index (χ1v) is 5.94. The summed E-state index contributed by atoms with van der Waals surface area (Å²) in [6.45, 7) is 5.44. The molecule has 2 atom stereocenters. The summed E-state index contributed by atoms with van der Waals surface area (Å²) in [4.78, 5) is 26.3. The molecular weight excluding hydrogens is 236 g/mol. The molecule has 0 saturated carbocycles. The number of likely N-dealkylation sites (tertiary alicyclic amines) is 1. The third kappa shape index (κ3) is 2.05. The summed E-state index contributed by atoms with van der Waals surface area (Å²) >= 11 is 0. The highest BCUT2D eigenvalue weighted by Gasteiger charge is 2.60. The summed E-state index contributed by atoms with van der Waals surface area (Å²) in [6.07, 6.45) is -1.83. The van der Waals surface area contributed by atoms with Gasteiger partial charge in [-0.2, -0.15) is 0 Å². The second-order valence-electron chi connectivity index (χ2n) is 6.06. The molecule has 0 aromatic heterocycles. The van der Waals surface area contributed by atoms with Crippen LogP contribution in [0.25, 0.3) is 0 Å². The molecule has 0 aliphatic carbocycles. The van der Waals surface area contributed by atoms with E-state index in [1.165, 1.54) is 4.90 Å². The molecule has 6 nitrogen and oxygen atoms in total. The van der Waals surface area contributed by atoms with Crippen molar-refractivity contribution >= 4 is 12.0 Å². The third-order valence-electron chi connectivity index (χ3n) is 3.62. The Morgan fingerprint density at radius 3 is 2.17 bits per heavy atom. The van der Waals surface area contributed by atoms with Gasteiger partial charge in [0.15, 0.2) is 0 Å². The van der Waals surface area contributed by atoms with E-state index >= 15 is 0 Å². The molecule has 104 valence electrons. The van der Waals surface area contributed by atoms with Crippen LogP contribution in [0.5, 0.6) is 0 Å². The standard InChI is InChI=1S/C12H22N2O4/c1-11(2,3)12(9(16)13(4)5)6-8(15)7-14(12)10(17)18/h8,15H,6-7H2,1-5H3,(H,17,18)/t8-,12+/m0/s1. The summed E-state index contributed by atoms with van der Waals surface area (Å²) in [7, 11) is 3.20. The predicted octanol–water partition coefficient (Wildman–Crippen LogP) is 0.604. The Hall–Kier alpha value is -1.30. The van der Waals surface area contributed by atoms with Gasteiger partial charge in [0, 0.05) is 20.5 Å². The van der Waals surface area contributed by atoms with E-state index in [0.29, 0.717) is 0 Å².